The van der Waals surface area contributed by atoms with Gasteiger partial charge in [0.25, 0.3) is 0 Å². The molecule has 3 aliphatic carbocycles. The molecule has 1 heterocycles. The highest BCUT2D eigenvalue weighted by atomic mass is 79.9. The molecule has 2 aromatic rings. The molecule has 2 amide bonds. The zero-order chi connectivity index (χ0) is 26.9. The van der Waals surface area contributed by atoms with Crippen molar-refractivity contribution in [2.75, 3.05) is 4.90 Å². The number of phenolic OH excluding ortho intramolecular Hbond substituents is 1. The predicted molar refractivity (Wildman–Crippen MR) is 145 cm³/mol. The molecule has 1 N–H and O–H groups in total. The minimum atomic E-state index is -0.677. The van der Waals surface area contributed by atoms with Crippen LogP contribution in [0, 0.1) is 17.8 Å². The first-order chi connectivity index (χ1) is 18.2. The van der Waals surface area contributed by atoms with Crippen molar-refractivity contribution in [2.24, 2.45) is 17.8 Å². The van der Waals surface area contributed by atoms with Gasteiger partial charge in [-0.3, -0.25) is 24.1 Å². The molecule has 0 radical (unpaired) electrons. The fourth-order valence-corrected chi connectivity index (χ4v) is 7.01. The maximum absolute atomic E-state index is 13.9. The second kappa shape index (κ2) is 9.02. The van der Waals surface area contributed by atoms with Crippen LogP contribution in [0.1, 0.15) is 43.7 Å². The summed E-state index contributed by atoms with van der Waals surface area (Å²) < 4.78 is 0.721. The predicted octanol–water partition coefficient (Wildman–Crippen LogP) is 5.35. The standard InChI is InChI=1S/C31H26BrNO5/c1-3-16-4-7-18(8-5-16)33-30(37)20-10-9-19-21(27(20)31(33)38)14-23-28(25(35)12-15(2)29(23)36)26(19)22-13-17(32)6-11-24(22)34/h4-9,11-13,20-21,26-27,34H,3,10,14H2,1-2H3. The average molecular weight is 572 g/mol. The fourth-order valence-electron chi connectivity index (χ4n) is 6.63. The van der Waals surface area contributed by atoms with Crippen LogP contribution in [-0.2, 0) is 25.6 Å². The molecule has 6 nitrogen and oxygen atoms in total. The smallest absolute Gasteiger partial charge is 0.238 e. The van der Waals surface area contributed by atoms with Crippen molar-refractivity contribution in [3.63, 3.8) is 0 Å². The molecular formula is C31H26BrNO5. The third-order valence-electron chi connectivity index (χ3n) is 8.47. The van der Waals surface area contributed by atoms with Gasteiger partial charge in [0.2, 0.25) is 11.8 Å². The number of phenols is 1. The van der Waals surface area contributed by atoms with E-state index < -0.39 is 23.7 Å². The van der Waals surface area contributed by atoms with E-state index in [2.05, 4.69) is 15.9 Å². The van der Waals surface area contributed by atoms with Crippen LogP contribution in [0.15, 0.2) is 81.4 Å². The van der Waals surface area contributed by atoms with Crippen molar-refractivity contribution in [1.29, 1.82) is 0 Å². The molecular weight excluding hydrogens is 546 g/mol. The summed E-state index contributed by atoms with van der Waals surface area (Å²) in [6, 6.07) is 12.5. The molecule has 6 rings (SSSR count). The van der Waals surface area contributed by atoms with Gasteiger partial charge in [0, 0.05) is 32.7 Å². The van der Waals surface area contributed by atoms with Crippen LogP contribution in [0.3, 0.4) is 0 Å². The van der Waals surface area contributed by atoms with Crippen LogP contribution < -0.4 is 4.90 Å². The maximum Gasteiger partial charge on any atom is 0.238 e. The van der Waals surface area contributed by atoms with Gasteiger partial charge in [-0.2, -0.15) is 0 Å². The Hall–Kier alpha value is -3.58. The Bertz CT molecular complexity index is 1530. The molecule has 1 saturated heterocycles. The van der Waals surface area contributed by atoms with Crippen molar-refractivity contribution in [1.82, 2.24) is 0 Å². The molecule has 2 aromatic carbocycles. The minimum Gasteiger partial charge on any atom is -0.508 e. The number of hydrogen-bond donors (Lipinski definition) is 1. The largest absolute Gasteiger partial charge is 0.508 e. The topological polar surface area (TPSA) is 91.8 Å². The van der Waals surface area contributed by atoms with Crippen molar-refractivity contribution >= 4 is 45.0 Å². The van der Waals surface area contributed by atoms with E-state index in [9.17, 15) is 24.3 Å². The zero-order valence-electron chi connectivity index (χ0n) is 21.0. The SMILES string of the molecule is CCc1ccc(N2C(=O)C3CC=C4C(c5cc(Br)ccc5O)C5=C(CC4C3C2=O)C(=O)C(C)=CC5=O)cc1. The number of hydrogen-bond acceptors (Lipinski definition) is 5. The molecule has 0 saturated carbocycles. The molecule has 0 bridgehead atoms. The summed E-state index contributed by atoms with van der Waals surface area (Å²) in [5.74, 6) is -3.27. The minimum absolute atomic E-state index is 0.00622. The lowest BCUT2D eigenvalue weighted by Crippen LogP contribution is -2.39. The van der Waals surface area contributed by atoms with Gasteiger partial charge in [-0.25, -0.2) is 0 Å². The molecule has 0 aromatic heterocycles. The van der Waals surface area contributed by atoms with E-state index in [1.54, 1.807) is 25.1 Å². The zero-order valence-corrected chi connectivity index (χ0v) is 22.6. The highest BCUT2D eigenvalue weighted by Gasteiger charge is 2.56. The van der Waals surface area contributed by atoms with Gasteiger partial charge >= 0.3 is 0 Å². The monoisotopic (exact) mass is 571 g/mol. The van der Waals surface area contributed by atoms with Gasteiger partial charge in [0.1, 0.15) is 5.75 Å². The number of carbonyl (C=O) groups is 4. The number of fused-ring (bicyclic) bond motifs is 3. The molecule has 192 valence electrons. The summed E-state index contributed by atoms with van der Waals surface area (Å²) in [4.78, 5) is 55.5. The summed E-state index contributed by atoms with van der Waals surface area (Å²) in [7, 11) is 0. The number of allylic oxidation sites excluding steroid dienone is 6. The first-order valence-electron chi connectivity index (χ1n) is 12.9. The third kappa shape index (κ3) is 3.59. The number of aryl methyl sites for hydroxylation is 1. The number of halogens is 1. The normalized spacial score (nSPS) is 26.7. The first kappa shape index (κ1) is 24.7. The second-order valence-corrected chi connectivity index (χ2v) is 11.4. The number of imide groups is 1. The fraction of sp³-hybridized carbons (Fsp3) is 0.290. The van der Waals surface area contributed by atoms with E-state index in [1.807, 2.05) is 37.3 Å². The Morgan fingerprint density at radius 3 is 2.45 bits per heavy atom. The maximum atomic E-state index is 13.9. The number of anilines is 1. The summed E-state index contributed by atoms with van der Waals surface area (Å²) in [5, 5.41) is 10.9. The van der Waals surface area contributed by atoms with Crippen molar-refractivity contribution in [3.8, 4) is 5.75 Å². The van der Waals surface area contributed by atoms with E-state index in [-0.39, 0.29) is 35.6 Å². The number of aromatic hydroxyl groups is 1. The molecule has 4 aliphatic rings. The highest BCUT2D eigenvalue weighted by molar-refractivity contribution is 9.10. The number of rotatable bonds is 3. The van der Waals surface area contributed by atoms with Crippen LogP contribution in [0.4, 0.5) is 5.69 Å². The number of amides is 2. The first-order valence-corrected chi connectivity index (χ1v) is 13.7. The number of benzene rings is 2. The summed E-state index contributed by atoms with van der Waals surface area (Å²) >= 11 is 3.47. The number of nitrogens with zero attached hydrogens (tertiary/aromatic N) is 1. The van der Waals surface area contributed by atoms with Crippen LogP contribution in [-0.4, -0.2) is 28.5 Å². The van der Waals surface area contributed by atoms with E-state index in [1.165, 1.54) is 11.0 Å². The lowest BCUT2D eigenvalue weighted by Gasteiger charge is -2.42. The Morgan fingerprint density at radius 1 is 1.00 bits per heavy atom. The quantitative estimate of drug-likeness (QED) is 0.304. The van der Waals surface area contributed by atoms with Gasteiger partial charge < -0.3 is 5.11 Å². The summed E-state index contributed by atoms with van der Waals surface area (Å²) in [6.07, 6.45) is 4.74. The molecule has 7 heteroatoms. The lowest BCUT2D eigenvalue weighted by molar-refractivity contribution is -0.123. The summed E-state index contributed by atoms with van der Waals surface area (Å²) in [5.41, 5.74) is 4.08. The van der Waals surface area contributed by atoms with E-state index >= 15 is 0 Å². The van der Waals surface area contributed by atoms with Gasteiger partial charge in [-0.1, -0.05) is 46.6 Å². The molecule has 4 atom stereocenters. The molecule has 1 aliphatic heterocycles. The lowest BCUT2D eigenvalue weighted by atomic mass is 9.59. The van der Waals surface area contributed by atoms with E-state index in [0.717, 1.165) is 22.0 Å². The Kier molecular flexibility index (Phi) is 5.87. The van der Waals surface area contributed by atoms with Crippen molar-refractivity contribution in [2.45, 2.75) is 39.0 Å². The van der Waals surface area contributed by atoms with Gasteiger partial charge in [-0.15, -0.1) is 0 Å². The number of ketones is 2. The van der Waals surface area contributed by atoms with Crippen LogP contribution in [0.5, 0.6) is 5.75 Å². The van der Waals surface area contributed by atoms with Gasteiger partial charge in [0.05, 0.1) is 17.5 Å². The molecule has 1 fully saturated rings. The van der Waals surface area contributed by atoms with Crippen molar-refractivity contribution in [3.05, 3.63) is 92.5 Å². The van der Waals surface area contributed by atoms with Crippen LogP contribution >= 0.6 is 15.9 Å². The third-order valence-corrected chi connectivity index (χ3v) is 8.96. The van der Waals surface area contributed by atoms with E-state index in [4.69, 9.17) is 0 Å². The Morgan fingerprint density at radius 2 is 1.74 bits per heavy atom. The summed E-state index contributed by atoms with van der Waals surface area (Å²) in [6.45, 7) is 3.67. The molecule has 38 heavy (non-hydrogen) atoms. The van der Waals surface area contributed by atoms with Gasteiger partial charge in [-0.05, 0) is 74.1 Å². The number of Topliss-reactive ketones (excluding diaryl/α,β-unsaturated/α-hetero) is 1. The second-order valence-electron chi connectivity index (χ2n) is 10.5. The average Bonchev–Trinajstić information content (AvgIpc) is 3.17. The number of carbonyl (C=O) groups excluding carboxylic acids is 4. The Labute approximate surface area is 228 Å². The Balaban J connectivity index is 1.48. The van der Waals surface area contributed by atoms with Crippen LogP contribution in [0.2, 0.25) is 0 Å². The molecule has 4 unspecified atom stereocenters. The molecule has 0 spiro atoms. The highest BCUT2D eigenvalue weighted by Crippen LogP contribution is 2.56. The van der Waals surface area contributed by atoms with Crippen molar-refractivity contribution < 1.29 is 24.3 Å². The van der Waals surface area contributed by atoms with E-state index in [0.29, 0.717) is 34.4 Å². The van der Waals surface area contributed by atoms with Gasteiger partial charge in [0.15, 0.2) is 11.6 Å². The van der Waals surface area contributed by atoms with Crippen LogP contribution in [0.25, 0.3) is 0 Å².